The highest BCUT2D eigenvalue weighted by atomic mass is 127. The zero-order valence-corrected chi connectivity index (χ0v) is 20.8. The smallest absolute Gasteiger partial charge is 0.193 e. The van der Waals surface area contributed by atoms with Gasteiger partial charge in [-0.25, -0.2) is 8.78 Å². The first kappa shape index (κ1) is 25.5. The highest BCUT2D eigenvalue weighted by Crippen LogP contribution is 2.24. The van der Waals surface area contributed by atoms with Crippen LogP contribution in [0.4, 0.5) is 8.78 Å². The number of aromatic nitrogens is 1. The minimum Gasteiger partial charge on any atom is -0.361 e. The van der Waals surface area contributed by atoms with E-state index in [1.807, 2.05) is 27.1 Å². The van der Waals surface area contributed by atoms with Crippen molar-refractivity contribution in [3.63, 3.8) is 0 Å². The molecule has 1 N–H and O–H groups in total. The number of nitrogens with one attached hydrogen (secondary N) is 1. The summed E-state index contributed by atoms with van der Waals surface area (Å²) in [5.41, 5.74) is 1.00. The van der Waals surface area contributed by atoms with Crippen molar-refractivity contribution in [1.29, 1.82) is 0 Å². The number of benzene rings is 1. The van der Waals surface area contributed by atoms with Crippen LogP contribution in [-0.2, 0) is 6.54 Å². The highest BCUT2D eigenvalue weighted by molar-refractivity contribution is 14.0. The SMILES string of the molecule is CN=C(NCC(c1c(F)cccc1F)N(C)C)N1CCN(Cc2cc(C)on2)CC1.I. The Morgan fingerprint density at radius 2 is 1.87 bits per heavy atom. The molecule has 7 nitrogen and oxygen atoms in total. The van der Waals surface area contributed by atoms with Crippen molar-refractivity contribution < 1.29 is 13.3 Å². The van der Waals surface area contributed by atoms with Gasteiger partial charge in [-0.3, -0.25) is 9.89 Å². The molecular weight excluding hydrogens is 517 g/mol. The van der Waals surface area contributed by atoms with Gasteiger partial charge in [-0.2, -0.15) is 0 Å². The standard InChI is InChI=1S/C21H30F2N6O.HI/c1-15-12-16(26-30-15)14-28-8-10-29(11-9-28)21(24-2)25-13-19(27(3)4)20-17(22)6-5-7-18(20)23;/h5-7,12,19H,8-11,13-14H2,1-4H3,(H,24,25);1H. The highest BCUT2D eigenvalue weighted by Gasteiger charge is 2.25. The van der Waals surface area contributed by atoms with E-state index < -0.39 is 17.7 Å². The monoisotopic (exact) mass is 548 g/mol. The fraction of sp³-hybridized carbons (Fsp3) is 0.524. The minimum absolute atomic E-state index is 0. The summed E-state index contributed by atoms with van der Waals surface area (Å²) in [6.45, 7) is 6.33. The van der Waals surface area contributed by atoms with Crippen LogP contribution in [0.3, 0.4) is 0 Å². The van der Waals surface area contributed by atoms with Gasteiger partial charge < -0.3 is 19.6 Å². The van der Waals surface area contributed by atoms with E-state index in [2.05, 4.69) is 25.3 Å². The van der Waals surface area contributed by atoms with Gasteiger partial charge in [-0.05, 0) is 33.2 Å². The zero-order chi connectivity index (χ0) is 21.7. The number of likely N-dealkylation sites (N-methyl/N-ethyl adjacent to an activating group) is 1. The van der Waals surface area contributed by atoms with Crippen LogP contribution >= 0.6 is 24.0 Å². The Labute approximate surface area is 199 Å². The number of hydrogen-bond acceptors (Lipinski definition) is 5. The maximum absolute atomic E-state index is 14.3. The van der Waals surface area contributed by atoms with Gasteiger partial charge in [0.25, 0.3) is 0 Å². The number of piperazine rings is 1. The van der Waals surface area contributed by atoms with Crippen LogP contribution in [0.5, 0.6) is 0 Å². The van der Waals surface area contributed by atoms with Crippen molar-refractivity contribution in [2.24, 2.45) is 4.99 Å². The van der Waals surface area contributed by atoms with Gasteiger partial charge in [0.2, 0.25) is 0 Å². The molecule has 31 heavy (non-hydrogen) atoms. The third-order valence-corrected chi connectivity index (χ3v) is 5.36. The molecule has 1 unspecified atom stereocenters. The van der Waals surface area contributed by atoms with Crippen LogP contribution in [0.2, 0.25) is 0 Å². The van der Waals surface area contributed by atoms with Crippen molar-refractivity contribution in [3.8, 4) is 0 Å². The molecule has 3 rings (SSSR count). The quantitative estimate of drug-likeness (QED) is 0.341. The van der Waals surface area contributed by atoms with Crippen LogP contribution in [0.15, 0.2) is 33.8 Å². The lowest BCUT2D eigenvalue weighted by Crippen LogP contribution is -2.53. The van der Waals surface area contributed by atoms with Gasteiger partial charge in [0, 0.05) is 57.9 Å². The molecule has 1 aliphatic rings. The fourth-order valence-electron chi connectivity index (χ4n) is 3.73. The van der Waals surface area contributed by atoms with Gasteiger partial charge >= 0.3 is 0 Å². The van der Waals surface area contributed by atoms with Gasteiger partial charge in [0.1, 0.15) is 17.4 Å². The Morgan fingerprint density at radius 3 is 2.39 bits per heavy atom. The predicted molar refractivity (Wildman–Crippen MR) is 128 cm³/mol. The second kappa shape index (κ2) is 11.7. The lowest BCUT2D eigenvalue weighted by Gasteiger charge is -2.37. The summed E-state index contributed by atoms with van der Waals surface area (Å²) >= 11 is 0. The summed E-state index contributed by atoms with van der Waals surface area (Å²) in [7, 11) is 5.35. The molecule has 0 spiro atoms. The van der Waals surface area contributed by atoms with Crippen molar-refractivity contribution in [3.05, 3.63) is 52.9 Å². The summed E-state index contributed by atoms with van der Waals surface area (Å²) in [6, 6.07) is 5.46. The molecule has 1 aliphatic heterocycles. The largest absolute Gasteiger partial charge is 0.361 e. The van der Waals surface area contributed by atoms with E-state index in [0.717, 1.165) is 50.1 Å². The molecule has 0 aliphatic carbocycles. The van der Waals surface area contributed by atoms with E-state index in [1.54, 1.807) is 11.9 Å². The number of nitrogens with zero attached hydrogens (tertiary/aromatic N) is 5. The number of halogens is 3. The molecule has 0 saturated carbocycles. The van der Waals surface area contributed by atoms with Gasteiger partial charge in [-0.15, -0.1) is 24.0 Å². The van der Waals surface area contributed by atoms with Crippen LogP contribution in [0.1, 0.15) is 23.1 Å². The zero-order valence-electron chi connectivity index (χ0n) is 18.4. The van der Waals surface area contributed by atoms with Gasteiger partial charge in [0.15, 0.2) is 5.96 Å². The Kier molecular flexibility index (Phi) is 9.63. The first-order chi connectivity index (χ1) is 14.4. The Hall–Kier alpha value is -1.79. The first-order valence-electron chi connectivity index (χ1n) is 10.1. The third-order valence-electron chi connectivity index (χ3n) is 5.36. The lowest BCUT2D eigenvalue weighted by molar-refractivity contribution is 0.168. The van der Waals surface area contributed by atoms with Crippen LogP contribution in [0, 0.1) is 18.6 Å². The molecule has 1 aromatic heterocycles. The Bertz CT molecular complexity index is 847. The number of rotatable bonds is 6. The summed E-state index contributed by atoms with van der Waals surface area (Å²) in [5.74, 6) is 0.467. The summed E-state index contributed by atoms with van der Waals surface area (Å²) < 4.78 is 33.7. The third kappa shape index (κ3) is 6.59. The normalized spacial score (nSPS) is 16.4. The molecule has 1 atom stereocenters. The fourth-order valence-corrected chi connectivity index (χ4v) is 3.73. The molecule has 0 amide bonds. The van der Waals surface area contributed by atoms with E-state index in [-0.39, 0.29) is 29.5 Å². The van der Waals surface area contributed by atoms with Crippen molar-refractivity contribution in [2.75, 3.05) is 53.9 Å². The number of guanidine groups is 1. The molecule has 0 radical (unpaired) electrons. The first-order valence-corrected chi connectivity index (χ1v) is 10.1. The van der Waals surface area contributed by atoms with E-state index in [4.69, 9.17) is 4.52 Å². The number of aryl methyl sites for hydroxylation is 1. The van der Waals surface area contributed by atoms with E-state index in [0.29, 0.717) is 6.54 Å². The van der Waals surface area contributed by atoms with Gasteiger partial charge in [0.05, 0.1) is 11.7 Å². The van der Waals surface area contributed by atoms with E-state index in [9.17, 15) is 8.78 Å². The summed E-state index contributed by atoms with van der Waals surface area (Å²) in [5, 5.41) is 7.35. The predicted octanol–water partition coefficient (Wildman–Crippen LogP) is 2.88. The van der Waals surface area contributed by atoms with Crippen molar-refractivity contribution >= 4 is 29.9 Å². The minimum atomic E-state index is -0.540. The molecule has 1 fully saturated rings. The Morgan fingerprint density at radius 1 is 1.23 bits per heavy atom. The molecule has 172 valence electrons. The lowest BCUT2D eigenvalue weighted by atomic mass is 10.0. The maximum atomic E-state index is 14.3. The molecule has 1 saturated heterocycles. The van der Waals surface area contributed by atoms with Gasteiger partial charge in [-0.1, -0.05) is 11.2 Å². The number of aliphatic imine (C=N–C) groups is 1. The average molecular weight is 548 g/mol. The second-order valence-electron chi connectivity index (χ2n) is 7.73. The van der Waals surface area contributed by atoms with Crippen molar-refractivity contribution in [2.45, 2.75) is 19.5 Å². The van der Waals surface area contributed by atoms with Crippen LogP contribution < -0.4 is 5.32 Å². The molecule has 2 aromatic rings. The van der Waals surface area contributed by atoms with E-state index in [1.165, 1.54) is 18.2 Å². The average Bonchev–Trinajstić information content (AvgIpc) is 3.12. The van der Waals surface area contributed by atoms with Crippen LogP contribution in [-0.4, -0.2) is 79.7 Å². The molecular formula is C21H31F2IN6O. The molecule has 2 heterocycles. The maximum Gasteiger partial charge on any atom is 0.193 e. The molecule has 10 heteroatoms. The summed E-state index contributed by atoms with van der Waals surface area (Å²) in [4.78, 5) is 10.7. The van der Waals surface area contributed by atoms with E-state index >= 15 is 0 Å². The molecule has 0 bridgehead atoms. The molecule has 1 aromatic carbocycles. The van der Waals surface area contributed by atoms with Crippen molar-refractivity contribution in [1.82, 2.24) is 25.2 Å². The van der Waals surface area contributed by atoms with Crippen LogP contribution in [0.25, 0.3) is 0 Å². The number of hydrogen-bond donors (Lipinski definition) is 1. The summed E-state index contributed by atoms with van der Waals surface area (Å²) in [6.07, 6.45) is 0. The Balaban J connectivity index is 0.00000341. The second-order valence-corrected chi connectivity index (χ2v) is 7.73. The topological polar surface area (TPSA) is 60.1 Å².